The molecule has 0 amide bonds. The molecule has 1 atom stereocenters. The van der Waals surface area contributed by atoms with Gasteiger partial charge in [0, 0.05) is 6.42 Å². The van der Waals surface area contributed by atoms with E-state index in [1.54, 1.807) is 6.08 Å². The normalized spacial score (nSPS) is 24.6. The van der Waals surface area contributed by atoms with Crippen LogP contribution in [0.25, 0.3) is 0 Å². The van der Waals surface area contributed by atoms with Crippen molar-refractivity contribution in [3.05, 3.63) is 142 Å². The van der Waals surface area contributed by atoms with Crippen LogP contribution >= 0.6 is 0 Å². The number of aliphatic hydroxyl groups excluding tert-OH is 1. The zero-order valence-corrected chi connectivity index (χ0v) is 27.6. The van der Waals surface area contributed by atoms with Crippen LogP contribution in [0, 0.1) is 10.8 Å². The van der Waals surface area contributed by atoms with Gasteiger partial charge in [0.2, 0.25) is 0 Å². The van der Waals surface area contributed by atoms with Crippen LogP contribution in [0.4, 0.5) is 0 Å². The van der Waals surface area contributed by atoms with Gasteiger partial charge < -0.3 is 5.11 Å². The van der Waals surface area contributed by atoms with Crippen LogP contribution in [0.1, 0.15) is 82.1 Å². The molecule has 1 N–H and O–H groups in total. The number of allylic oxidation sites excluding steroid dienone is 23. The van der Waals surface area contributed by atoms with Crippen molar-refractivity contribution >= 4 is 5.78 Å². The van der Waals surface area contributed by atoms with Gasteiger partial charge in [0.15, 0.2) is 5.78 Å². The number of hydrogen-bond donors (Lipinski definition) is 1. The van der Waals surface area contributed by atoms with Crippen molar-refractivity contribution in [2.24, 2.45) is 10.8 Å². The molecular weight excluding hydrogens is 512 g/mol. The second kappa shape index (κ2) is 15.7. The van der Waals surface area contributed by atoms with Gasteiger partial charge in [-0.1, -0.05) is 141 Å². The lowest BCUT2D eigenvalue weighted by Gasteiger charge is -2.34. The van der Waals surface area contributed by atoms with Crippen molar-refractivity contribution in [3.63, 3.8) is 0 Å². The Morgan fingerprint density at radius 1 is 0.690 bits per heavy atom. The first-order valence-corrected chi connectivity index (χ1v) is 15.0. The number of ketones is 1. The second-order valence-electron chi connectivity index (χ2n) is 13.1. The molecule has 0 fully saturated rings. The SMILES string of the molecule is CC1=CC(=O)CC(C)(C)/C1=C/C=C(C)/C=C/C=C(C)/C=C/C=C/C(C)=C/C=C/C(C)=C/C=C1\C(C)=C[C@@H](O)CC1(C)C. The average molecular weight is 565 g/mol. The summed E-state index contributed by atoms with van der Waals surface area (Å²) in [7, 11) is 0. The minimum atomic E-state index is -0.354. The van der Waals surface area contributed by atoms with E-state index in [2.05, 4.69) is 147 Å². The first-order chi connectivity index (χ1) is 19.6. The monoisotopic (exact) mass is 564 g/mol. The maximum Gasteiger partial charge on any atom is 0.156 e. The van der Waals surface area contributed by atoms with E-state index < -0.39 is 0 Å². The van der Waals surface area contributed by atoms with E-state index in [0.717, 1.165) is 23.1 Å². The van der Waals surface area contributed by atoms with Gasteiger partial charge in [-0.2, -0.15) is 0 Å². The van der Waals surface area contributed by atoms with Crippen molar-refractivity contribution in [3.8, 4) is 0 Å². The van der Waals surface area contributed by atoms with Crippen LogP contribution in [-0.4, -0.2) is 17.0 Å². The first-order valence-electron chi connectivity index (χ1n) is 15.0. The van der Waals surface area contributed by atoms with E-state index in [9.17, 15) is 9.90 Å². The van der Waals surface area contributed by atoms with Gasteiger partial charge in [0.25, 0.3) is 0 Å². The summed E-state index contributed by atoms with van der Waals surface area (Å²) in [6.45, 7) is 21.2. The first kappa shape index (κ1) is 34.7. The standard InChI is InChI=1S/C40H52O2/c1-29(17-13-19-31(3)21-23-37-33(5)25-35(41)27-39(37,7)8)15-11-12-16-30(2)18-14-20-32(4)22-24-38-34(6)26-36(42)28-40(38,9)10/h11-26,35,41H,27-28H2,1-10H3/b15-11+,16-12+,19-13+,20-14+,29-17+,30-18+,31-21+,32-22+,37-23+,38-24+/t35-/m1/s1. The molecule has 0 radical (unpaired) electrons. The molecule has 0 heterocycles. The second-order valence-corrected chi connectivity index (χ2v) is 13.1. The highest BCUT2D eigenvalue weighted by Crippen LogP contribution is 2.41. The maximum absolute atomic E-state index is 11.9. The largest absolute Gasteiger partial charge is 0.389 e. The molecule has 2 nitrogen and oxygen atoms in total. The Morgan fingerprint density at radius 2 is 1.12 bits per heavy atom. The molecule has 42 heavy (non-hydrogen) atoms. The zero-order valence-electron chi connectivity index (χ0n) is 27.6. The van der Waals surface area contributed by atoms with Crippen LogP contribution in [0.3, 0.4) is 0 Å². The van der Waals surface area contributed by atoms with Crippen molar-refractivity contribution in [2.75, 3.05) is 0 Å². The fourth-order valence-electron chi connectivity index (χ4n) is 5.52. The van der Waals surface area contributed by atoms with Gasteiger partial charge in [-0.3, -0.25) is 4.79 Å². The highest BCUT2D eigenvalue weighted by molar-refractivity contribution is 5.93. The molecule has 0 saturated heterocycles. The molecule has 2 rings (SSSR count). The van der Waals surface area contributed by atoms with Gasteiger partial charge >= 0.3 is 0 Å². The molecule has 0 aliphatic heterocycles. The van der Waals surface area contributed by atoms with E-state index in [1.165, 1.54) is 27.9 Å². The van der Waals surface area contributed by atoms with E-state index in [4.69, 9.17) is 0 Å². The summed E-state index contributed by atoms with van der Waals surface area (Å²) in [5, 5.41) is 10.0. The summed E-state index contributed by atoms with van der Waals surface area (Å²) in [6.07, 6.45) is 34.2. The zero-order chi connectivity index (χ0) is 31.5. The summed E-state index contributed by atoms with van der Waals surface area (Å²) in [4.78, 5) is 11.9. The smallest absolute Gasteiger partial charge is 0.156 e. The van der Waals surface area contributed by atoms with Crippen LogP contribution < -0.4 is 0 Å². The van der Waals surface area contributed by atoms with Crippen molar-refractivity contribution in [1.82, 2.24) is 0 Å². The van der Waals surface area contributed by atoms with E-state index in [0.29, 0.717) is 6.42 Å². The van der Waals surface area contributed by atoms with Gasteiger partial charge in [-0.05, 0) is 87.2 Å². The molecule has 224 valence electrons. The van der Waals surface area contributed by atoms with E-state index >= 15 is 0 Å². The Labute approximate surface area is 256 Å². The van der Waals surface area contributed by atoms with E-state index in [-0.39, 0.29) is 22.7 Å². The topological polar surface area (TPSA) is 37.3 Å². The molecule has 0 aromatic rings. The molecule has 0 unspecified atom stereocenters. The minimum absolute atomic E-state index is 0.0289. The molecule has 0 aromatic carbocycles. The lowest BCUT2D eigenvalue weighted by atomic mass is 9.72. The maximum atomic E-state index is 11.9. The number of carbonyl (C=O) groups excluding carboxylic acids is 1. The third kappa shape index (κ3) is 11.4. The highest BCUT2D eigenvalue weighted by Gasteiger charge is 2.31. The molecule has 0 bridgehead atoms. The molecule has 0 aromatic heterocycles. The molecular formula is C40H52O2. The van der Waals surface area contributed by atoms with E-state index in [1.807, 2.05) is 13.0 Å². The molecule has 2 aliphatic rings. The van der Waals surface area contributed by atoms with Crippen molar-refractivity contribution in [1.29, 1.82) is 0 Å². The van der Waals surface area contributed by atoms with Crippen LogP contribution in [0.15, 0.2) is 142 Å². The summed E-state index contributed by atoms with van der Waals surface area (Å²) in [5.74, 6) is 0.212. The third-order valence-electron chi connectivity index (χ3n) is 7.76. The van der Waals surface area contributed by atoms with Gasteiger partial charge in [-0.25, -0.2) is 0 Å². The van der Waals surface area contributed by atoms with Crippen molar-refractivity contribution in [2.45, 2.75) is 88.2 Å². The fraction of sp³-hybridized carbons (Fsp3) is 0.375. The lowest BCUT2D eigenvalue weighted by molar-refractivity contribution is -0.116. The Kier molecular flexibility index (Phi) is 12.9. The summed E-state index contributed by atoms with van der Waals surface area (Å²) < 4.78 is 0. The average Bonchev–Trinajstić information content (AvgIpc) is 2.84. The summed E-state index contributed by atoms with van der Waals surface area (Å²) >= 11 is 0. The van der Waals surface area contributed by atoms with Crippen LogP contribution in [0.2, 0.25) is 0 Å². The number of rotatable bonds is 9. The molecule has 2 aliphatic carbocycles. The summed E-state index contributed by atoms with van der Waals surface area (Å²) in [6, 6.07) is 0. The van der Waals surface area contributed by atoms with Crippen LogP contribution in [0.5, 0.6) is 0 Å². The molecule has 2 heteroatoms. The Morgan fingerprint density at radius 3 is 1.57 bits per heavy atom. The van der Waals surface area contributed by atoms with Crippen molar-refractivity contribution < 1.29 is 9.90 Å². The lowest BCUT2D eigenvalue weighted by Crippen LogP contribution is -2.26. The number of aliphatic hydroxyl groups is 1. The molecule has 0 saturated carbocycles. The third-order valence-corrected chi connectivity index (χ3v) is 7.76. The van der Waals surface area contributed by atoms with Crippen LogP contribution in [-0.2, 0) is 4.79 Å². The Hall–Kier alpha value is -3.49. The summed E-state index contributed by atoms with van der Waals surface area (Å²) in [5.41, 5.74) is 9.28. The number of hydrogen-bond acceptors (Lipinski definition) is 2. The Bertz CT molecular complexity index is 1380. The quantitative estimate of drug-likeness (QED) is 0.283. The number of carbonyl (C=O) groups is 1. The predicted octanol–water partition coefficient (Wildman–Crippen LogP) is 10.5. The molecule has 0 spiro atoms. The minimum Gasteiger partial charge on any atom is -0.389 e. The predicted molar refractivity (Wildman–Crippen MR) is 183 cm³/mol. The van der Waals surface area contributed by atoms with Gasteiger partial charge in [0.1, 0.15) is 0 Å². The fourth-order valence-corrected chi connectivity index (χ4v) is 5.52. The van der Waals surface area contributed by atoms with Gasteiger partial charge in [-0.15, -0.1) is 0 Å². The van der Waals surface area contributed by atoms with Gasteiger partial charge in [0.05, 0.1) is 6.10 Å². The Balaban J connectivity index is 1.93. The highest BCUT2D eigenvalue weighted by atomic mass is 16.3.